The molecule has 0 fully saturated rings. The van der Waals surface area contributed by atoms with Crippen LogP contribution in [0, 0.1) is 0 Å². The molecule has 1 unspecified atom stereocenters. The maximum Gasteiger partial charge on any atom is 0.405 e. The molecule has 6 heteroatoms. The van der Waals surface area contributed by atoms with Gasteiger partial charge in [-0.25, -0.2) is 9.59 Å². The number of nitrogens with zero attached hydrogens (tertiary/aromatic N) is 1. The first kappa shape index (κ1) is 13.9. The molecule has 1 heterocycles. The van der Waals surface area contributed by atoms with Crippen molar-refractivity contribution in [2.75, 3.05) is 7.11 Å². The van der Waals surface area contributed by atoms with Gasteiger partial charge < -0.3 is 19.7 Å². The number of ether oxygens (including phenoxy) is 1. The average molecular weight is 276 g/mol. The van der Waals surface area contributed by atoms with Crippen molar-refractivity contribution in [1.29, 1.82) is 0 Å². The number of amides is 1. The third-order valence-electron chi connectivity index (χ3n) is 3.19. The number of nitrogens with one attached hydrogen (secondary N) is 1. The Morgan fingerprint density at radius 3 is 2.75 bits per heavy atom. The van der Waals surface area contributed by atoms with Crippen molar-refractivity contribution in [3.8, 4) is 0 Å². The van der Waals surface area contributed by atoms with Crippen molar-refractivity contribution in [3.05, 3.63) is 36.0 Å². The molecule has 2 rings (SSSR count). The van der Waals surface area contributed by atoms with Crippen LogP contribution in [0.25, 0.3) is 10.9 Å². The van der Waals surface area contributed by atoms with Crippen LogP contribution in [0.3, 0.4) is 0 Å². The first-order chi connectivity index (χ1) is 9.52. The van der Waals surface area contributed by atoms with Crippen LogP contribution in [0.1, 0.15) is 5.56 Å². The summed E-state index contributed by atoms with van der Waals surface area (Å²) in [5.41, 5.74) is 1.92. The maximum absolute atomic E-state index is 11.6. The van der Waals surface area contributed by atoms with E-state index < -0.39 is 18.1 Å². The molecule has 1 aromatic heterocycles. The second kappa shape index (κ2) is 5.64. The SMILES string of the molecule is COC(=O)C(Cc1cn(C)c2ccccc12)NC(=O)O. The summed E-state index contributed by atoms with van der Waals surface area (Å²) < 4.78 is 6.58. The lowest BCUT2D eigenvalue weighted by molar-refractivity contribution is -0.142. The van der Waals surface area contributed by atoms with Gasteiger partial charge in [0.05, 0.1) is 7.11 Å². The molecule has 0 spiro atoms. The number of carbonyl (C=O) groups excluding carboxylic acids is 1. The van der Waals surface area contributed by atoms with E-state index in [1.54, 1.807) is 0 Å². The molecular formula is C14H16N2O4. The van der Waals surface area contributed by atoms with Gasteiger partial charge in [-0.1, -0.05) is 18.2 Å². The molecular weight excluding hydrogens is 260 g/mol. The smallest absolute Gasteiger partial charge is 0.405 e. The van der Waals surface area contributed by atoms with Gasteiger partial charge in [-0.05, 0) is 11.6 Å². The van der Waals surface area contributed by atoms with E-state index in [-0.39, 0.29) is 6.42 Å². The fourth-order valence-electron chi connectivity index (χ4n) is 2.29. The number of carboxylic acid groups (broad SMARTS) is 1. The highest BCUT2D eigenvalue weighted by Crippen LogP contribution is 2.21. The molecule has 106 valence electrons. The zero-order valence-electron chi connectivity index (χ0n) is 11.3. The number of carbonyl (C=O) groups is 2. The fraction of sp³-hybridized carbons (Fsp3) is 0.286. The van der Waals surface area contributed by atoms with Gasteiger partial charge in [0.1, 0.15) is 6.04 Å². The Kier molecular flexibility index (Phi) is 3.93. The van der Waals surface area contributed by atoms with E-state index in [0.717, 1.165) is 16.5 Å². The van der Waals surface area contributed by atoms with Crippen LogP contribution in [0.2, 0.25) is 0 Å². The van der Waals surface area contributed by atoms with Crippen molar-refractivity contribution in [3.63, 3.8) is 0 Å². The molecule has 1 aromatic carbocycles. The lowest BCUT2D eigenvalue weighted by atomic mass is 10.1. The number of methoxy groups -OCH3 is 1. The Morgan fingerprint density at radius 1 is 1.40 bits per heavy atom. The van der Waals surface area contributed by atoms with E-state index in [9.17, 15) is 9.59 Å². The normalized spacial score (nSPS) is 12.1. The van der Waals surface area contributed by atoms with E-state index in [0.29, 0.717) is 0 Å². The summed E-state index contributed by atoms with van der Waals surface area (Å²) in [6.07, 6.45) is 0.894. The third-order valence-corrected chi connectivity index (χ3v) is 3.19. The van der Waals surface area contributed by atoms with Crippen molar-refractivity contribution < 1.29 is 19.4 Å². The number of esters is 1. The molecule has 1 amide bonds. The molecule has 20 heavy (non-hydrogen) atoms. The van der Waals surface area contributed by atoms with Crippen molar-refractivity contribution in [1.82, 2.24) is 9.88 Å². The van der Waals surface area contributed by atoms with Gasteiger partial charge in [0.25, 0.3) is 0 Å². The van der Waals surface area contributed by atoms with Crippen LogP contribution in [0.5, 0.6) is 0 Å². The molecule has 0 aliphatic rings. The minimum absolute atomic E-state index is 0.250. The molecule has 2 aromatic rings. The van der Waals surface area contributed by atoms with E-state index >= 15 is 0 Å². The monoisotopic (exact) mass is 276 g/mol. The Hall–Kier alpha value is -2.50. The van der Waals surface area contributed by atoms with Gasteiger partial charge in [0.2, 0.25) is 0 Å². The Bertz CT molecular complexity index is 648. The van der Waals surface area contributed by atoms with E-state index in [4.69, 9.17) is 5.11 Å². The highest BCUT2D eigenvalue weighted by atomic mass is 16.5. The molecule has 0 saturated heterocycles. The quantitative estimate of drug-likeness (QED) is 0.830. The molecule has 1 atom stereocenters. The number of para-hydroxylation sites is 1. The topological polar surface area (TPSA) is 80.6 Å². The Balaban J connectivity index is 2.33. The number of rotatable bonds is 4. The van der Waals surface area contributed by atoms with Crippen LogP contribution in [0.4, 0.5) is 4.79 Å². The standard InChI is InChI=1S/C14H16N2O4/c1-16-8-9(10-5-3-4-6-12(10)16)7-11(13(17)20-2)15-14(18)19/h3-6,8,11,15H,7H2,1-2H3,(H,18,19). The number of fused-ring (bicyclic) bond motifs is 1. The molecule has 0 aliphatic heterocycles. The minimum atomic E-state index is -1.25. The predicted octanol–water partition coefficient (Wildman–Crippen LogP) is 1.53. The van der Waals surface area contributed by atoms with Crippen molar-refractivity contribution in [2.45, 2.75) is 12.5 Å². The number of hydrogen-bond donors (Lipinski definition) is 2. The molecule has 6 nitrogen and oxygen atoms in total. The van der Waals surface area contributed by atoms with E-state index in [1.165, 1.54) is 7.11 Å². The van der Waals surface area contributed by atoms with Gasteiger partial charge in [-0.3, -0.25) is 0 Å². The van der Waals surface area contributed by atoms with Crippen molar-refractivity contribution >= 4 is 23.0 Å². The maximum atomic E-state index is 11.6. The third kappa shape index (κ3) is 2.74. The number of benzene rings is 1. The van der Waals surface area contributed by atoms with Crippen molar-refractivity contribution in [2.24, 2.45) is 7.05 Å². The summed E-state index contributed by atoms with van der Waals surface area (Å²) in [7, 11) is 3.14. The zero-order chi connectivity index (χ0) is 14.7. The lowest BCUT2D eigenvalue weighted by Crippen LogP contribution is -2.42. The second-order valence-electron chi connectivity index (χ2n) is 4.51. The van der Waals surface area contributed by atoms with E-state index in [2.05, 4.69) is 10.1 Å². The molecule has 2 N–H and O–H groups in total. The van der Waals surface area contributed by atoms with E-state index in [1.807, 2.05) is 42.1 Å². The van der Waals surface area contributed by atoms with Crippen LogP contribution in [0.15, 0.2) is 30.5 Å². The van der Waals surface area contributed by atoms with Crippen LogP contribution < -0.4 is 5.32 Å². The highest BCUT2D eigenvalue weighted by molar-refractivity contribution is 5.86. The molecule has 0 bridgehead atoms. The van der Waals surface area contributed by atoms with Crippen LogP contribution in [-0.4, -0.2) is 34.9 Å². The first-order valence-electron chi connectivity index (χ1n) is 6.13. The number of aromatic nitrogens is 1. The molecule has 0 radical (unpaired) electrons. The van der Waals surface area contributed by atoms with Gasteiger partial charge >= 0.3 is 12.1 Å². The molecule has 0 aliphatic carbocycles. The summed E-state index contributed by atoms with van der Waals surface area (Å²) in [5.74, 6) is -0.597. The molecule has 0 saturated carbocycles. The summed E-state index contributed by atoms with van der Waals surface area (Å²) in [4.78, 5) is 22.4. The minimum Gasteiger partial charge on any atom is -0.467 e. The summed E-state index contributed by atoms with van der Waals surface area (Å²) in [6.45, 7) is 0. The van der Waals surface area contributed by atoms with Gasteiger partial charge in [-0.15, -0.1) is 0 Å². The fourth-order valence-corrected chi connectivity index (χ4v) is 2.29. The summed E-state index contributed by atoms with van der Waals surface area (Å²) >= 11 is 0. The predicted molar refractivity (Wildman–Crippen MR) is 73.6 cm³/mol. The Labute approximate surface area is 116 Å². The lowest BCUT2D eigenvalue weighted by Gasteiger charge is -2.13. The average Bonchev–Trinajstić information content (AvgIpc) is 2.74. The van der Waals surface area contributed by atoms with Crippen LogP contribution in [-0.2, 0) is 23.0 Å². The van der Waals surface area contributed by atoms with Gasteiger partial charge in [0, 0.05) is 30.6 Å². The second-order valence-corrected chi connectivity index (χ2v) is 4.51. The number of hydrogen-bond acceptors (Lipinski definition) is 3. The van der Waals surface area contributed by atoms with Crippen LogP contribution >= 0.6 is 0 Å². The summed E-state index contributed by atoms with van der Waals surface area (Å²) in [5, 5.41) is 12.0. The zero-order valence-corrected chi connectivity index (χ0v) is 11.3. The first-order valence-corrected chi connectivity index (χ1v) is 6.13. The van der Waals surface area contributed by atoms with Gasteiger partial charge in [0.15, 0.2) is 0 Å². The number of aryl methyl sites for hydroxylation is 1. The summed E-state index contributed by atoms with van der Waals surface area (Å²) in [6, 6.07) is 6.84. The van der Waals surface area contributed by atoms with Gasteiger partial charge in [-0.2, -0.15) is 0 Å². The Morgan fingerprint density at radius 2 is 2.10 bits per heavy atom. The largest absolute Gasteiger partial charge is 0.467 e. The highest BCUT2D eigenvalue weighted by Gasteiger charge is 2.23.